The predicted molar refractivity (Wildman–Crippen MR) is 285 cm³/mol. The summed E-state index contributed by atoms with van der Waals surface area (Å²) in [6, 6.07) is 44.2. The van der Waals surface area contributed by atoms with Crippen LogP contribution in [-0.4, -0.2) is 68.4 Å². The molecule has 0 spiro atoms. The zero-order valence-corrected chi connectivity index (χ0v) is 41.2. The molecule has 352 valence electrons. The van der Waals surface area contributed by atoms with Crippen LogP contribution in [0.2, 0.25) is 0 Å². The number of hydrogen-bond acceptors (Lipinski definition) is 8. The third-order valence-electron chi connectivity index (χ3n) is 12.4. The smallest absolute Gasteiger partial charge is 0.212 e. The molecule has 0 heterocycles. The van der Waals surface area contributed by atoms with E-state index in [0.717, 1.165) is 134 Å². The van der Waals surface area contributed by atoms with E-state index >= 15 is 0 Å². The van der Waals surface area contributed by atoms with Crippen molar-refractivity contribution in [3.05, 3.63) is 121 Å². The second-order valence-electron chi connectivity index (χ2n) is 17.2. The zero-order valence-electron chi connectivity index (χ0n) is 41.2. The van der Waals surface area contributed by atoms with E-state index in [-0.39, 0.29) is 0 Å². The van der Waals surface area contributed by atoms with Crippen molar-refractivity contribution < 1.29 is 4.58 Å². The minimum atomic E-state index is 0.477. The summed E-state index contributed by atoms with van der Waals surface area (Å²) in [6.07, 6.45) is 19.2. The second-order valence-corrected chi connectivity index (χ2v) is 17.2. The number of hydrogen-bond donors (Lipinski definition) is 0. The highest BCUT2D eigenvalue weighted by atomic mass is 15.2. The topological polar surface area (TPSA) is 114 Å². The third-order valence-corrected chi connectivity index (χ3v) is 12.4. The van der Waals surface area contributed by atoms with Gasteiger partial charge in [0.25, 0.3) is 0 Å². The van der Waals surface area contributed by atoms with Gasteiger partial charge in [-0.2, -0.15) is 25.6 Å². The van der Waals surface area contributed by atoms with Gasteiger partial charge >= 0.3 is 0 Å². The molecule has 1 aliphatic carbocycles. The Morgan fingerprint density at radius 2 is 0.691 bits per heavy atom. The van der Waals surface area contributed by atoms with Crippen molar-refractivity contribution in [2.75, 3.05) is 72.0 Å². The van der Waals surface area contributed by atoms with Crippen LogP contribution < -0.4 is 24.2 Å². The van der Waals surface area contributed by atoms with Crippen LogP contribution in [0.15, 0.2) is 121 Å². The lowest BCUT2D eigenvalue weighted by molar-refractivity contribution is -0.525. The summed E-state index contributed by atoms with van der Waals surface area (Å²) in [5.41, 5.74) is 10.5. The first kappa shape index (κ1) is 51.8. The van der Waals surface area contributed by atoms with Gasteiger partial charge in [0, 0.05) is 128 Å². The van der Waals surface area contributed by atoms with Crippen LogP contribution in [-0.2, 0) is 0 Å². The SMILES string of the molecule is CCCCN(CCC#N)c1ccc(N(c2ccc(N(CCC#N)CCCC)cc2)c2ccc([N+](=C3C=CC(=[N+](CCC#N)CCCC)C=C3)c3ccc(N(CCC#N)CCCC)cc3)cc2)cc1. The molecule has 0 radical (unpaired) electrons. The Morgan fingerprint density at radius 1 is 0.368 bits per heavy atom. The van der Waals surface area contributed by atoms with Crippen LogP contribution in [0.4, 0.5) is 45.5 Å². The number of nitrogens with zero attached hydrogens (tertiary/aromatic N) is 10. The van der Waals surface area contributed by atoms with Crippen molar-refractivity contribution >= 4 is 56.9 Å². The molecule has 0 unspecified atom stereocenters. The van der Waals surface area contributed by atoms with E-state index in [4.69, 9.17) is 0 Å². The van der Waals surface area contributed by atoms with Gasteiger partial charge in [0.15, 0.2) is 12.3 Å². The van der Waals surface area contributed by atoms with Crippen LogP contribution in [0.3, 0.4) is 0 Å². The molecule has 68 heavy (non-hydrogen) atoms. The number of allylic oxidation sites excluding steroid dienone is 4. The fourth-order valence-corrected chi connectivity index (χ4v) is 8.51. The monoisotopic (exact) mass is 909 g/mol. The van der Waals surface area contributed by atoms with Crippen molar-refractivity contribution in [3.8, 4) is 24.3 Å². The highest BCUT2D eigenvalue weighted by Crippen LogP contribution is 2.38. The second kappa shape index (κ2) is 28.8. The van der Waals surface area contributed by atoms with Crippen LogP contribution in [0.25, 0.3) is 0 Å². The van der Waals surface area contributed by atoms with Gasteiger partial charge in [-0.25, -0.2) is 4.58 Å². The fraction of sp³-hybridized carbons (Fsp3) is 0.414. The number of rotatable bonds is 28. The molecule has 4 aromatic carbocycles. The Morgan fingerprint density at radius 3 is 1.04 bits per heavy atom. The van der Waals surface area contributed by atoms with Crippen LogP contribution in [0.1, 0.15) is 105 Å². The Hall–Kier alpha value is -7.14. The number of unbranched alkanes of at least 4 members (excludes halogenated alkanes) is 4. The average Bonchev–Trinajstić information content (AvgIpc) is 3.38. The molecule has 0 saturated carbocycles. The summed E-state index contributed by atoms with van der Waals surface area (Å²) in [5, 5.41) is 37.7. The zero-order chi connectivity index (χ0) is 48.4. The number of benzene rings is 4. The van der Waals surface area contributed by atoms with Gasteiger partial charge in [0.2, 0.25) is 17.1 Å². The van der Waals surface area contributed by atoms with Gasteiger partial charge in [-0.1, -0.05) is 53.4 Å². The molecule has 0 aliphatic heterocycles. The molecule has 0 fully saturated rings. The molecule has 1 aliphatic rings. The summed E-state index contributed by atoms with van der Waals surface area (Å²) < 4.78 is 4.61. The maximum atomic E-state index is 9.42. The van der Waals surface area contributed by atoms with Gasteiger partial charge in [-0.05, 0) is 92.1 Å². The fourth-order valence-electron chi connectivity index (χ4n) is 8.51. The van der Waals surface area contributed by atoms with Crippen LogP contribution in [0, 0.1) is 45.3 Å². The van der Waals surface area contributed by atoms with E-state index in [0.29, 0.717) is 51.9 Å². The molecule has 0 saturated heterocycles. The summed E-state index contributed by atoms with van der Waals surface area (Å²) in [5.74, 6) is 0. The summed E-state index contributed by atoms with van der Waals surface area (Å²) in [6.45, 7) is 15.2. The van der Waals surface area contributed by atoms with Crippen molar-refractivity contribution in [2.45, 2.75) is 105 Å². The molecule has 10 heteroatoms. The average molecular weight is 909 g/mol. The lowest BCUT2D eigenvalue weighted by Gasteiger charge is -2.29. The van der Waals surface area contributed by atoms with Crippen molar-refractivity contribution in [1.29, 1.82) is 21.0 Å². The van der Waals surface area contributed by atoms with Crippen molar-refractivity contribution in [2.24, 2.45) is 0 Å². The summed E-state index contributed by atoms with van der Waals surface area (Å²) >= 11 is 0. The molecule has 0 atom stereocenters. The standard InChI is InChI=1S/C58H72N10/c1-5-9-41-63(45-13-37-59)49-17-25-53(26-18-49)67(54-27-19-50(20-28-54)64(42-10-6-2)46-14-38-60)57-33-35-58(36-34-57)68(55-29-21-51(22-30-55)65(43-11-7-3)47-15-39-61)56-31-23-52(24-32-56)66(44-12-8-4)48-16-40-62/h17-36H,5-16,41-48H2,1-4H3/q+2. The maximum absolute atomic E-state index is 9.42. The van der Waals surface area contributed by atoms with Crippen molar-refractivity contribution in [3.63, 3.8) is 0 Å². The minimum absolute atomic E-state index is 0.477. The molecule has 10 nitrogen and oxygen atoms in total. The first-order chi connectivity index (χ1) is 33.4. The summed E-state index contributed by atoms with van der Waals surface area (Å²) in [4.78, 5) is 9.23. The molecular formula is C58H72N10+2. The maximum Gasteiger partial charge on any atom is 0.212 e. The molecule has 0 amide bonds. The first-order valence-corrected chi connectivity index (χ1v) is 25.0. The quantitative estimate of drug-likeness (QED) is 0.0409. The lowest BCUT2D eigenvalue weighted by Crippen LogP contribution is -2.25. The van der Waals surface area contributed by atoms with E-state index in [1.807, 2.05) is 0 Å². The minimum Gasteiger partial charge on any atom is -0.371 e. The Kier molecular flexibility index (Phi) is 22.0. The van der Waals surface area contributed by atoms with E-state index < -0.39 is 0 Å². The van der Waals surface area contributed by atoms with E-state index in [1.54, 1.807) is 0 Å². The highest BCUT2D eigenvalue weighted by Gasteiger charge is 2.24. The summed E-state index contributed by atoms with van der Waals surface area (Å²) in [7, 11) is 0. The first-order valence-electron chi connectivity index (χ1n) is 25.0. The van der Waals surface area contributed by atoms with Crippen LogP contribution in [0.5, 0.6) is 0 Å². The van der Waals surface area contributed by atoms with Gasteiger partial charge in [0.05, 0.1) is 50.0 Å². The number of nitriles is 4. The largest absolute Gasteiger partial charge is 0.371 e. The van der Waals surface area contributed by atoms with E-state index in [1.165, 1.54) is 0 Å². The van der Waals surface area contributed by atoms with Gasteiger partial charge in [-0.3, -0.25) is 0 Å². The van der Waals surface area contributed by atoms with E-state index in [9.17, 15) is 21.0 Å². The molecule has 5 rings (SSSR count). The van der Waals surface area contributed by atoms with Crippen molar-refractivity contribution in [1.82, 2.24) is 4.58 Å². The molecule has 0 aromatic heterocycles. The van der Waals surface area contributed by atoms with Crippen LogP contribution >= 0.6 is 0 Å². The number of anilines is 6. The highest BCUT2D eigenvalue weighted by molar-refractivity contribution is 6.18. The van der Waals surface area contributed by atoms with Gasteiger partial charge in [0.1, 0.15) is 6.54 Å². The molecule has 0 bridgehead atoms. The molecular weight excluding hydrogens is 837 g/mol. The van der Waals surface area contributed by atoms with E-state index in [2.05, 4.69) is 202 Å². The normalized spacial score (nSPS) is 11.6. The Bertz CT molecular complexity index is 2360. The predicted octanol–water partition coefficient (Wildman–Crippen LogP) is 13.3. The third kappa shape index (κ3) is 14.9. The van der Waals surface area contributed by atoms with Gasteiger partial charge in [-0.15, -0.1) is 0 Å². The Balaban J connectivity index is 1.61. The molecule has 0 N–H and O–H groups in total. The Labute approximate surface area is 407 Å². The lowest BCUT2D eigenvalue weighted by atomic mass is 10.1. The van der Waals surface area contributed by atoms with Gasteiger partial charge < -0.3 is 19.6 Å². The molecule has 4 aromatic rings.